The fourth-order valence-corrected chi connectivity index (χ4v) is 4.14. The summed E-state index contributed by atoms with van der Waals surface area (Å²) in [6.07, 6.45) is 3.03. The molecule has 0 radical (unpaired) electrons. The summed E-state index contributed by atoms with van der Waals surface area (Å²) in [7, 11) is -3.66. The van der Waals surface area contributed by atoms with Gasteiger partial charge < -0.3 is 4.90 Å². The van der Waals surface area contributed by atoms with Crippen LogP contribution >= 0.6 is 11.3 Å². The zero-order valence-corrected chi connectivity index (χ0v) is 14.1. The number of nitrogens with zero attached hydrogens (tertiary/aromatic N) is 2. The average molecular weight is 337 g/mol. The first-order valence-electron chi connectivity index (χ1n) is 7.31. The van der Waals surface area contributed by atoms with Gasteiger partial charge in [-0.15, -0.1) is 11.3 Å². The molecule has 0 saturated heterocycles. The molecule has 2 aromatic rings. The molecule has 0 unspecified atom stereocenters. The number of nitrogens with two attached hydrogens (primary N) is 1. The summed E-state index contributed by atoms with van der Waals surface area (Å²) < 4.78 is 23.0. The number of hydrogen-bond donors (Lipinski definition) is 1. The number of hydrogen-bond acceptors (Lipinski definition) is 5. The van der Waals surface area contributed by atoms with Crippen LogP contribution in [0.5, 0.6) is 0 Å². The third-order valence-electron chi connectivity index (χ3n) is 3.79. The number of benzene rings is 1. The van der Waals surface area contributed by atoms with Gasteiger partial charge in [-0.1, -0.05) is 13.0 Å². The first-order valence-corrected chi connectivity index (χ1v) is 9.74. The van der Waals surface area contributed by atoms with E-state index in [0.717, 1.165) is 47.8 Å². The smallest absolute Gasteiger partial charge is 0.238 e. The molecule has 2 N–H and O–H groups in total. The van der Waals surface area contributed by atoms with E-state index in [1.165, 1.54) is 0 Å². The SMILES string of the molecule is CCCc1nc(CN2CCc3ccc(S(N)(=O)=O)cc32)cs1. The van der Waals surface area contributed by atoms with Crippen LogP contribution in [0, 0.1) is 0 Å². The van der Waals surface area contributed by atoms with E-state index in [0.29, 0.717) is 6.54 Å². The van der Waals surface area contributed by atoms with Gasteiger partial charge in [0.25, 0.3) is 0 Å². The summed E-state index contributed by atoms with van der Waals surface area (Å²) in [6.45, 7) is 3.73. The lowest BCUT2D eigenvalue weighted by atomic mass is 10.2. The number of sulfonamides is 1. The molecule has 1 aromatic carbocycles. The highest BCUT2D eigenvalue weighted by molar-refractivity contribution is 7.89. The molecule has 3 rings (SSSR count). The van der Waals surface area contributed by atoms with E-state index in [4.69, 9.17) is 5.14 Å². The van der Waals surface area contributed by atoms with Crippen molar-refractivity contribution in [2.24, 2.45) is 5.14 Å². The fraction of sp³-hybridized carbons (Fsp3) is 0.400. The van der Waals surface area contributed by atoms with Gasteiger partial charge in [-0.05, 0) is 37.0 Å². The van der Waals surface area contributed by atoms with Crippen LogP contribution in [0.4, 0.5) is 5.69 Å². The van der Waals surface area contributed by atoms with E-state index >= 15 is 0 Å². The maximum Gasteiger partial charge on any atom is 0.238 e. The molecule has 118 valence electrons. The molecule has 0 amide bonds. The lowest BCUT2D eigenvalue weighted by molar-refractivity contribution is 0.598. The number of rotatable bonds is 5. The van der Waals surface area contributed by atoms with Crippen LogP contribution in [-0.4, -0.2) is 19.9 Å². The van der Waals surface area contributed by atoms with E-state index in [9.17, 15) is 8.42 Å². The number of fused-ring (bicyclic) bond motifs is 1. The average Bonchev–Trinajstić information content (AvgIpc) is 3.06. The molecule has 0 saturated carbocycles. The third kappa shape index (κ3) is 3.16. The van der Waals surface area contributed by atoms with E-state index in [2.05, 4.69) is 22.2 Å². The van der Waals surface area contributed by atoms with Crippen LogP contribution < -0.4 is 10.0 Å². The van der Waals surface area contributed by atoms with Gasteiger partial charge in [-0.3, -0.25) is 0 Å². The van der Waals surface area contributed by atoms with Gasteiger partial charge in [0.2, 0.25) is 10.0 Å². The van der Waals surface area contributed by atoms with Gasteiger partial charge >= 0.3 is 0 Å². The zero-order chi connectivity index (χ0) is 15.7. The lowest BCUT2D eigenvalue weighted by Crippen LogP contribution is -2.20. The van der Waals surface area contributed by atoms with Gasteiger partial charge in [-0.2, -0.15) is 0 Å². The molecule has 1 aliphatic rings. The number of aryl methyl sites for hydroxylation is 1. The van der Waals surface area contributed by atoms with Crippen LogP contribution in [0.2, 0.25) is 0 Å². The Hall–Kier alpha value is -1.44. The Bertz CT molecular complexity index is 784. The Labute approximate surface area is 134 Å². The Morgan fingerprint density at radius 2 is 2.23 bits per heavy atom. The molecule has 22 heavy (non-hydrogen) atoms. The Kier molecular flexibility index (Phi) is 4.20. The minimum absolute atomic E-state index is 0.170. The summed E-state index contributed by atoms with van der Waals surface area (Å²) in [5.41, 5.74) is 3.16. The predicted molar refractivity (Wildman–Crippen MR) is 88.7 cm³/mol. The maximum atomic E-state index is 11.5. The van der Waals surface area contributed by atoms with Crippen molar-refractivity contribution in [3.63, 3.8) is 0 Å². The van der Waals surface area contributed by atoms with Crippen molar-refractivity contribution in [2.75, 3.05) is 11.4 Å². The van der Waals surface area contributed by atoms with Crippen LogP contribution in [0.1, 0.15) is 29.6 Å². The van der Waals surface area contributed by atoms with Crippen LogP contribution in [-0.2, 0) is 29.4 Å². The molecule has 0 fully saturated rings. The zero-order valence-electron chi connectivity index (χ0n) is 12.4. The van der Waals surface area contributed by atoms with Crippen molar-refractivity contribution in [3.8, 4) is 0 Å². The number of aromatic nitrogens is 1. The summed E-state index contributed by atoms with van der Waals surface area (Å²) >= 11 is 1.69. The second-order valence-corrected chi connectivity index (χ2v) is 7.99. The minimum atomic E-state index is -3.66. The highest BCUT2D eigenvalue weighted by atomic mass is 32.2. The number of thiazole rings is 1. The first-order chi connectivity index (χ1) is 10.5. The van der Waals surface area contributed by atoms with Crippen molar-refractivity contribution in [1.82, 2.24) is 4.98 Å². The highest BCUT2D eigenvalue weighted by Crippen LogP contribution is 2.31. The Morgan fingerprint density at radius 3 is 2.95 bits per heavy atom. The molecule has 0 bridgehead atoms. The second-order valence-electron chi connectivity index (χ2n) is 5.49. The van der Waals surface area contributed by atoms with Crippen molar-refractivity contribution in [2.45, 2.75) is 37.6 Å². The third-order valence-corrected chi connectivity index (χ3v) is 5.66. The maximum absolute atomic E-state index is 11.5. The lowest BCUT2D eigenvalue weighted by Gasteiger charge is -2.18. The summed E-state index contributed by atoms with van der Waals surface area (Å²) in [5, 5.41) is 8.48. The molecule has 1 aromatic heterocycles. The van der Waals surface area contributed by atoms with Gasteiger partial charge in [0.05, 0.1) is 22.1 Å². The van der Waals surface area contributed by atoms with Crippen molar-refractivity contribution >= 4 is 27.0 Å². The molecule has 2 heterocycles. The molecule has 7 heteroatoms. The monoisotopic (exact) mass is 337 g/mol. The molecule has 1 aliphatic heterocycles. The quantitative estimate of drug-likeness (QED) is 0.908. The van der Waals surface area contributed by atoms with Crippen molar-refractivity contribution in [3.05, 3.63) is 39.8 Å². The summed E-state index contributed by atoms with van der Waals surface area (Å²) in [4.78, 5) is 6.99. The molecule has 5 nitrogen and oxygen atoms in total. The summed E-state index contributed by atoms with van der Waals surface area (Å²) in [6, 6.07) is 5.12. The summed E-state index contributed by atoms with van der Waals surface area (Å²) in [5.74, 6) is 0. The molecule has 0 atom stereocenters. The topological polar surface area (TPSA) is 76.3 Å². The van der Waals surface area contributed by atoms with Crippen LogP contribution in [0.15, 0.2) is 28.5 Å². The Balaban J connectivity index is 1.83. The van der Waals surface area contributed by atoms with E-state index < -0.39 is 10.0 Å². The Morgan fingerprint density at radius 1 is 1.41 bits per heavy atom. The van der Waals surface area contributed by atoms with E-state index in [-0.39, 0.29) is 4.90 Å². The van der Waals surface area contributed by atoms with Crippen LogP contribution in [0.3, 0.4) is 0 Å². The van der Waals surface area contributed by atoms with Crippen molar-refractivity contribution in [1.29, 1.82) is 0 Å². The predicted octanol–water partition coefficient (Wildman–Crippen LogP) is 2.31. The molecular formula is C15H19N3O2S2. The highest BCUT2D eigenvalue weighted by Gasteiger charge is 2.22. The largest absolute Gasteiger partial charge is 0.365 e. The van der Waals surface area contributed by atoms with Crippen molar-refractivity contribution < 1.29 is 8.42 Å². The number of anilines is 1. The molecule has 0 spiro atoms. The van der Waals surface area contributed by atoms with Gasteiger partial charge in [0, 0.05) is 17.6 Å². The van der Waals surface area contributed by atoms with Crippen LogP contribution in [0.25, 0.3) is 0 Å². The normalized spacial score (nSPS) is 14.4. The molecular weight excluding hydrogens is 318 g/mol. The van der Waals surface area contributed by atoms with Gasteiger partial charge in [0.15, 0.2) is 0 Å². The standard InChI is InChI=1S/C15H19N3O2S2/c1-2-3-15-17-12(10-21-15)9-18-7-6-11-4-5-13(8-14(11)18)22(16,19)20/h4-5,8,10H,2-3,6-7,9H2,1H3,(H2,16,19,20). The fourth-order valence-electron chi connectivity index (χ4n) is 2.71. The molecule has 0 aliphatic carbocycles. The van der Waals surface area contributed by atoms with E-state index in [1.54, 1.807) is 23.5 Å². The number of primary sulfonamides is 1. The second kappa shape index (κ2) is 5.98. The van der Waals surface area contributed by atoms with Gasteiger partial charge in [0.1, 0.15) is 0 Å². The minimum Gasteiger partial charge on any atom is -0.365 e. The van der Waals surface area contributed by atoms with E-state index in [1.807, 2.05) is 6.07 Å². The first kappa shape index (κ1) is 15.5. The van der Waals surface area contributed by atoms with Gasteiger partial charge in [-0.25, -0.2) is 18.5 Å².